The van der Waals surface area contributed by atoms with Crippen molar-refractivity contribution in [1.82, 2.24) is 4.98 Å². The average molecular weight is 280 g/mol. The molecule has 2 rings (SSSR count). The van der Waals surface area contributed by atoms with E-state index in [1.807, 2.05) is 0 Å². The van der Waals surface area contributed by atoms with Gasteiger partial charge in [-0.15, -0.1) is 0 Å². The van der Waals surface area contributed by atoms with E-state index in [2.05, 4.69) is 10.3 Å². The van der Waals surface area contributed by atoms with Crippen molar-refractivity contribution in [3.8, 4) is 0 Å². The third kappa shape index (κ3) is 2.18. The fraction of sp³-hybridized carbons (Fsp3) is 0.182. The highest BCUT2D eigenvalue weighted by Gasteiger charge is 2.34. The second-order valence-electron chi connectivity index (χ2n) is 3.68. The molecule has 1 N–H and O–H groups in total. The highest BCUT2D eigenvalue weighted by molar-refractivity contribution is 5.92. The van der Waals surface area contributed by atoms with Crippen LogP contribution in [-0.4, -0.2) is 12.0 Å². The van der Waals surface area contributed by atoms with E-state index in [0.717, 1.165) is 0 Å². The Morgan fingerprint density at radius 2 is 1.68 bits per heavy atom. The van der Waals surface area contributed by atoms with E-state index in [9.17, 15) is 26.3 Å². The van der Waals surface area contributed by atoms with Gasteiger partial charge in [0.15, 0.2) is 11.6 Å². The molecule has 0 unspecified atom stereocenters. The summed E-state index contributed by atoms with van der Waals surface area (Å²) in [6, 6.07) is 0.788. The molecule has 0 radical (unpaired) electrons. The molecule has 2 aromatic rings. The van der Waals surface area contributed by atoms with Crippen molar-refractivity contribution in [3.63, 3.8) is 0 Å². The molecular weight excluding hydrogens is 274 g/mol. The summed E-state index contributed by atoms with van der Waals surface area (Å²) in [5.41, 5.74) is -2.77. The molecule has 0 amide bonds. The van der Waals surface area contributed by atoms with E-state index < -0.39 is 40.2 Å². The van der Waals surface area contributed by atoms with Gasteiger partial charge in [0, 0.05) is 18.8 Å². The van der Waals surface area contributed by atoms with Crippen LogP contribution < -0.4 is 5.32 Å². The lowest BCUT2D eigenvalue weighted by Crippen LogP contribution is -2.10. The molecule has 0 fully saturated rings. The number of benzene rings is 1. The Labute approximate surface area is 103 Å². The zero-order valence-corrected chi connectivity index (χ0v) is 9.37. The first-order valence-electron chi connectivity index (χ1n) is 4.99. The van der Waals surface area contributed by atoms with Gasteiger partial charge in [-0.1, -0.05) is 0 Å². The lowest BCUT2D eigenvalue weighted by atomic mass is 10.1. The Kier molecular flexibility index (Phi) is 3.03. The van der Waals surface area contributed by atoms with Crippen LogP contribution in [0.4, 0.5) is 32.0 Å². The number of alkyl halides is 3. The molecule has 0 saturated heterocycles. The van der Waals surface area contributed by atoms with Crippen LogP contribution in [0.3, 0.4) is 0 Å². The number of rotatable bonds is 1. The Hall–Kier alpha value is -1.99. The maximum atomic E-state index is 13.5. The van der Waals surface area contributed by atoms with Gasteiger partial charge >= 0.3 is 6.18 Å². The fourth-order valence-corrected chi connectivity index (χ4v) is 1.65. The van der Waals surface area contributed by atoms with Crippen molar-refractivity contribution in [3.05, 3.63) is 35.3 Å². The third-order valence-electron chi connectivity index (χ3n) is 2.49. The van der Waals surface area contributed by atoms with E-state index in [-0.39, 0.29) is 11.8 Å². The number of nitrogens with one attached hydrogen (secondary N) is 1. The SMILES string of the molecule is CNc1cc(C(F)(F)F)nc2c(F)c(F)cc(F)c12. The average Bonchev–Trinajstić information content (AvgIpc) is 2.33. The maximum absolute atomic E-state index is 13.5. The van der Waals surface area contributed by atoms with E-state index in [4.69, 9.17) is 0 Å². The van der Waals surface area contributed by atoms with Crippen molar-refractivity contribution >= 4 is 16.6 Å². The molecule has 8 heteroatoms. The molecule has 1 aromatic carbocycles. The molecule has 0 aliphatic rings. The van der Waals surface area contributed by atoms with Gasteiger partial charge in [0.05, 0.1) is 5.39 Å². The summed E-state index contributed by atoms with van der Waals surface area (Å²) in [4.78, 5) is 2.96. The smallest absolute Gasteiger partial charge is 0.387 e. The molecule has 2 nitrogen and oxygen atoms in total. The van der Waals surface area contributed by atoms with Gasteiger partial charge in [0.25, 0.3) is 0 Å². The largest absolute Gasteiger partial charge is 0.433 e. The second kappa shape index (κ2) is 4.29. The van der Waals surface area contributed by atoms with Gasteiger partial charge < -0.3 is 5.32 Å². The summed E-state index contributed by atoms with van der Waals surface area (Å²) in [5.74, 6) is -4.42. The van der Waals surface area contributed by atoms with Gasteiger partial charge in [-0.25, -0.2) is 18.2 Å². The van der Waals surface area contributed by atoms with E-state index in [1.165, 1.54) is 7.05 Å². The van der Waals surface area contributed by atoms with E-state index in [1.54, 1.807) is 0 Å². The van der Waals surface area contributed by atoms with Crippen LogP contribution in [0.2, 0.25) is 0 Å². The first-order valence-corrected chi connectivity index (χ1v) is 4.99. The molecule has 0 atom stereocenters. The van der Waals surface area contributed by atoms with Crippen LogP contribution in [0.25, 0.3) is 10.9 Å². The lowest BCUT2D eigenvalue weighted by Gasteiger charge is -2.12. The summed E-state index contributed by atoms with van der Waals surface area (Å²) in [6.07, 6.45) is -4.85. The number of aromatic nitrogens is 1. The minimum Gasteiger partial charge on any atom is -0.387 e. The summed E-state index contributed by atoms with van der Waals surface area (Å²) >= 11 is 0. The third-order valence-corrected chi connectivity index (χ3v) is 2.49. The zero-order chi connectivity index (χ0) is 14.4. The Morgan fingerprint density at radius 1 is 1.05 bits per heavy atom. The number of hydrogen-bond donors (Lipinski definition) is 1. The summed E-state index contributed by atoms with van der Waals surface area (Å²) in [5, 5.41) is 1.77. The molecule has 102 valence electrons. The second-order valence-corrected chi connectivity index (χ2v) is 3.68. The number of halogens is 6. The molecule has 0 spiro atoms. The van der Waals surface area contributed by atoms with Gasteiger partial charge in [0.1, 0.15) is 17.0 Å². The van der Waals surface area contributed by atoms with Crippen LogP contribution >= 0.6 is 0 Å². The molecule has 0 saturated carbocycles. The number of nitrogens with zero attached hydrogens (tertiary/aromatic N) is 1. The predicted molar refractivity (Wildman–Crippen MR) is 56.2 cm³/mol. The highest BCUT2D eigenvalue weighted by atomic mass is 19.4. The monoisotopic (exact) mass is 280 g/mol. The van der Waals surface area contributed by atoms with Crippen LogP contribution in [0, 0.1) is 17.5 Å². The molecule has 1 aromatic heterocycles. The van der Waals surface area contributed by atoms with E-state index >= 15 is 0 Å². The van der Waals surface area contributed by atoms with Gasteiger partial charge in [-0.05, 0) is 6.07 Å². The van der Waals surface area contributed by atoms with Crippen LogP contribution in [0.15, 0.2) is 12.1 Å². The van der Waals surface area contributed by atoms with Gasteiger partial charge in [-0.2, -0.15) is 13.2 Å². The molecule has 19 heavy (non-hydrogen) atoms. The lowest BCUT2D eigenvalue weighted by molar-refractivity contribution is -0.140. The van der Waals surface area contributed by atoms with Crippen molar-refractivity contribution < 1.29 is 26.3 Å². The molecular formula is C11H6F6N2. The fourth-order valence-electron chi connectivity index (χ4n) is 1.65. The number of fused-ring (bicyclic) bond motifs is 1. The van der Waals surface area contributed by atoms with Crippen LogP contribution in [0.5, 0.6) is 0 Å². The van der Waals surface area contributed by atoms with Crippen molar-refractivity contribution in [2.24, 2.45) is 0 Å². The maximum Gasteiger partial charge on any atom is 0.433 e. The van der Waals surface area contributed by atoms with Gasteiger partial charge in [-0.3, -0.25) is 0 Å². The van der Waals surface area contributed by atoms with E-state index in [0.29, 0.717) is 6.07 Å². The summed E-state index contributed by atoms with van der Waals surface area (Å²) < 4.78 is 77.7. The minimum absolute atomic E-state index is 0.257. The standard InChI is InChI=1S/C11H6F6N2/c1-18-6-3-7(11(15,16)17)19-10-8(6)4(12)2-5(13)9(10)14/h2-3H,1H3,(H,18,19). The summed E-state index contributed by atoms with van der Waals surface area (Å²) in [6.45, 7) is 0. The van der Waals surface area contributed by atoms with Gasteiger partial charge in [0.2, 0.25) is 0 Å². The number of anilines is 1. The van der Waals surface area contributed by atoms with Crippen LogP contribution in [-0.2, 0) is 6.18 Å². The van der Waals surface area contributed by atoms with Crippen molar-refractivity contribution in [2.45, 2.75) is 6.18 Å². The molecule has 0 aliphatic carbocycles. The van der Waals surface area contributed by atoms with Crippen LogP contribution in [0.1, 0.15) is 5.69 Å². The Balaban J connectivity index is 2.93. The normalized spacial score (nSPS) is 11.9. The minimum atomic E-state index is -4.85. The first kappa shape index (κ1) is 13.4. The zero-order valence-electron chi connectivity index (χ0n) is 9.37. The molecule has 0 aliphatic heterocycles. The Bertz CT molecular complexity index is 650. The first-order chi connectivity index (χ1) is 8.75. The summed E-state index contributed by atoms with van der Waals surface area (Å²) in [7, 11) is 1.23. The predicted octanol–water partition coefficient (Wildman–Crippen LogP) is 3.71. The Morgan fingerprint density at radius 3 is 2.21 bits per heavy atom. The quantitative estimate of drug-likeness (QED) is 0.636. The topological polar surface area (TPSA) is 24.9 Å². The van der Waals surface area contributed by atoms with Crippen molar-refractivity contribution in [2.75, 3.05) is 12.4 Å². The number of pyridine rings is 1. The molecule has 0 bridgehead atoms. The number of hydrogen-bond acceptors (Lipinski definition) is 2. The van der Waals surface area contributed by atoms with Crippen molar-refractivity contribution in [1.29, 1.82) is 0 Å². The molecule has 1 heterocycles. The highest BCUT2D eigenvalue weighted by Crippen LogP contribution is 2.35.